The highest BCUT2D eigenvalue weighted by Crippen LogP contribution is 2.22. The molecule has 1 aliphatic heterocycles. The first-order valence-electron chi connectivity index (χ1n) is 7.95. The van der Waals surface area contributed by atoms with Gasteiger partial charge in [-0.05, 0) is 44.1 Å². The quantitative estimate of drug-likeness (QED) is 0.689. The molecule has 1 atom stereocenters. The highest BCUT2D eigenvalue weighted by atomic mass is 16.5. The van der Waals surface area contributed by atoms with Gasteiger partial charge >= 0.3 is 0 Å². The minimum atomic E-state index is -0.0907. The van der Waals surface area contributed by atoms with Gasteiger partial charge in [0.2, 0.25) is 0 Å². The van der Waals surface area contributed by atoms with Crippen LogP contribution in [-0.4, -0.2) is 49.0 Å². The minimum absolute atomic E-state index is 0.0907. The van der Waals surface area contributed by atoms with Gasteiger partial charge in [0.15, 0.2) is 0 Å². The van der Waals surface area contributed by atoms with E-state index in [4.69, 9.17) is 4.74 Å². The van der Waals surface area contributed by atoms with Crippen LogP contribution in [0.1, 0.15) is 59.3 Å². The van der Waals surface area contributed by atoms with Gasteiger partial charge in [0, 0.05) is 13.1 Å². The second-order valence-corrected chi connectivity index (χ2v) is 7.06. The molecule has 1 saturated heterocycles. The maximum absolute atomic E-state index is 9.95. The number of aliphatic hydroxyl groups excluding tert-OH is 1. The monoisotopic (exact) mass is 271 g/mol. The van der Waals surface area contributed by atoms with Gasteiger partial charge in [0.1, 0.15) is 0 Å². The van der Waals surface area contributed by atoms with E-state index in [1.54, 1.807) is 0 Å². The Labute approximate surface area is 119 Å². The molecule has 1 N–H and O–H groups in total. The number of ether oxygens (including phenoxy) is 1. The fourth-order valence-electron chi connectivity index (χ4n) is 2.55. The third-order valence-electron chi connectivity index (χ3n) is 3.83. The van der Waals surface area contributed by atoms with E-state index in [1.165, 1.54) is 12.8 Å². The van der Waals surface area contributed by atoms with E-state index in [0.717, 1.165) is 58.5 Å². The Hall–Kier alpha value is -0.120. The first-order chi connectivity index (χ1) is 8.97. The maximum Gasteiger partial charge on any atom is 0.0594 e. The fourth-order valence-corrected chi connectivity index (χ4v) is 2.55. The van der Waals surface area contributed by atoms with Crippen molar-refractivity contribution in [3.05, 3.63) is 0 Å². The summed E-state index contributed by atoms with van der Waals surface area (Å²) in [7, 11) is 0. The van der Waals surface area contributed by atoms with E-state index in [2.05, 4.69) is 25.7 Å². The van der Waals surface area contributed by atoms with Crippen LogP contribution in [0.4, 0.5) is 0 Å². The van der Waals surface area contributed by atoms with Gasteiger partial charge in [-0.3, -0.25) is 4.90 Å². The molecule has 1 fully saturated rings. The zero-order valence-corrected chi connectivity index (χ0v) is 13.2. The Kier molecular flexibility index (Phi) is 7.96. The van der Waals surface area contributed by atoms with Gasteiger partial charge in [0.25, 0.3) is 0 Å². The van der Waals surface area contributed by atoms with E-state index in [0.29, 0.717) is 5.41 Å². The second-order valence-electron chi connectivity index (χ2n) is 7.06. The first-order valence-corrected chi connectivity index (χ1v) is 7.95. The normalized spacial score (nSPS) is 19.6. The van der Waals surface area contributed by atoms with Crippen molar-refractivity contribution in [1.82, 2.24) is 4.90 Å². The van der Waals surface area contributed by atoms with Crippen LogP contribution in [0.5, 0.6) is 0 Å². The molecule has 1 aliphatic rings. The summed E-state index contributed by atoms with van der Waals surface area (Å²) >= 11 is 0. The van der Waals surface area contributed by atoms with E-state index < -0.39 is 0 Å². The first kappa shape index (κ1) is 16.9. The van der Waals surface area contributed by atoms with Crippen LogP contribution < -0.4 is 0 Å². The summed E-state index contributed by atoms with van der Waals surface area (Å²) < 4.78 is 5.33. The lowest BCUT2D eigenvalue weighted by Gasteiger charge is -2.26. The molecule has 3 nitrogen and oxygen atoms in total. The van der Waals surface area contributed by atoms with Crippen molar-refractivity contribution in [2.75, 3.05) is 32.8 Å². The molecule has 0 aromatic heterocycles. The van der Waals surface area contributed by atoms with E-state index in [9.17, 15) is 5.11 Å². The van der Waals surface area contributed by atoms with Gasteiger partial charge in [-0.25, -0.2) is 0 Å². The number of hydrogen-bond acceptors (Lipinski definition) is 3. The molecule has 0 spiro atoms. The van der Waals surface area contributed by atoms with Crippen LogP contribution in [0, 0.1) is 5.41 Å². The molecule has 1 rings (SSSR count). The zero-order valence-electron chi connectivity index (χ0n) is 13.2. The predicted molar refractivity (Wildman–Crippen MR) is 80.4 cm³/mol. The predicted octanol–water partition coefficient (Wildman–Crippen LogP) is 3.07. The molecule has 114 valence electrons. The maximum atomic E-state index is 9.95. The average molecular weight is 271 g/mol. The number of aliphatic hydroxyl groups is 1. The van der Waals surface area contributed by atoms with Crippen molar-refractivity contribution in [3.63, 3.8) is 0 Å². The summed E-state index contributed by atoms with van der Waals surface area (Å²) in [5, 5.41) is 9.95. The number of hydrogen-bond donors (Lipinski definition) is 1. The largest absolute Gasteiger partial charge is 0.393 e. The zero-order chi connectivity index (χ0) is 14.1. The Bertz CT molecular complexity index is 219. The van der Waals surface area contributed by atoms with E-state index in [-0.39, 0.29) is 6.10 Å². The lowest BCUT2D eigenvalue weighted by molar-refractivity contribution is 0.0365. The molecule has 3 heteroatoms. The van der Waals surface area contributed by atoms with Crippen molar-refractivity contribution in [1.29, 1.82) is 0 Å². The Morgan fingerprint density at radius 3 is 2.32 bits per heavy atom. The number of unbranched alkanes of at least 4 members (excludes halogenated alkanes) is 1. The third kappa shape index (κ3) is 9.42. The van der Waals surface area contributed by atoms with Crippen LogP contribution in [0.15, 0.2) is 0 Å². The van der Waals surface area contributed by atoms with Crippen LogP contribution in [0.3, 0.4) is 0 Å². The van der Waals surface area contributed by atoms with E-state index >= 15 is 0 Å². The molecule has 0 aromatic rings. The molecule has 0 saturated carbocycles. The molecule has 0 unspecified atom stereocenters. The van der Waals surface area contributed by atoms with Gasteiger partial charge < -0.3 is 9.84 Å². The van der Waals surface area contributed by atoms with Gasteiger partial charge in [-0.15, -0.1) is 0 Å². The SMILES string of the molecule is CC(C)(C)CCC[C@@H](O)CCCCN1CCOCC1. The second kappa shape index (κ2) is 8.93. The molecule has 0 aromatic carbocycles. The number of nitrogens with zero attached hydrogens (tertiary/aromatic N) is 1. The summed E-state index contributed by atoms with van der Waals surface area (Å²) in [5.41, 5.74) is 0.399. The lowest BCUT2D eigenvalue weighted by atomic mass is 9.89. The van der Waals surface area contributed by atoms with E-state index in [1.807, 2.05) is 0 Å². The molecule has 0 bridgehead atoms. The fraction of sp³-hybridized carbons (Fsp3) is 1.00. The standard InChI is InChI=1S/C16H33NO2/c1-16(2,3)9-6-8-15(18)7-4-5-10-17-11-13-19-14-12-17/h15,18H,4-14H2,1-3H3/t15-/m0/s1. The molecule has 0 aliphatic carbocycles. The van der Waals surface area contributed by atoms with Gasteiger partial charge in [0.05, 0.1) is 19.3 Å². The molecule has 19 heavy (non-hydrogen) atoms. The van der Waals surface area contributed by atoms with Crippen LogP contribution in [-0.2, 0) is 4.74 Å². The third-order valence-corrected chi connectivity index (χ3v) is 3.83. The summed E-state index contributed by atoms with van der Waals surface area (Å²) in [6.07, 6.45) is 6.55. The van der Waals surface area contributed by atoms with Crippen molar-refractivity contribution < 1.29 is 9.84 Å². The van der Waals surface area contributed by atoms with Crippen molar-refractivity contribution in [2.24, 2.45) is 5.41 Å². The minimum Gasteiger partial charge on any atom is -0.393 e. The van der Waals surface area contributed by atoms with Crippen LogP contribution in [0.2, 0.25) is 0 Å². The van der Waals surface area contributed by atoms with Crippen LogP contribution >= 0.6 is 0 Å². The average Bonchev–Trinajstić information content (AvgIpc) is 2.34. The number of rotatable bonds is 8. The topological polar surface area (TPSA) is 32.7 Å². The van der Waals surface area contributed by atoms with Crippen molar-refractivity contribution in [3.8, 4) is 0 Å². The molecule has 1 heterocycles. The Balaban J connectivity index is 1.93. The van der Waals surface area contributed by atoms with Crippen molar-refractivity contribution in [2.45, 2.75) is 65.4 Å². The highest BCUT2D eigenvalue weighted by Gasteiger charge is 2.12. The van der Waals surface area contributed by atoms with Gasteiger partial charge in [-0.2, -0.15) is 0 Å². The number of morpholine rings is 1. The van der Waals surface area contributed by atoms with Crippen molar-refractivity contribution >= 4 is 0 Å². The summed E-state index contributed by atoms with van der Waals surface area (Å²) in [6, 6.07) is 0. The highest BCUT2D eigenvalue weighted by molar-refractivity contribution is 4.65. The summed E-state index contributed by atoms with van der Waals surface area (Å²) in [6.45, 7) is 11.9. The summed E-state index contributed by atoms with van der Waals surface area (Å²) in [4.78, 5) is 2.47. The van der Waals surface area contributed by atoms with Crippen LogP contribution in [0.25, 0.3) is 0 Å². The van der Waals surface area contributed by atoms with Gasteiger partial charge in [-0.1, -0.05) is 27.2 Å². The Morgan fingerprint density at radius 2 is 1.68 bits per heavy atom. The molecule has 0 radical (unpaired) electrons. The Morgan fingerprint density at radius 1 is 1.05 bits per heavy atom. The molecular weight excluding hydrogens is 238 g/mol. The lowest BCUT2D eigenvalue weighted by Crippen LogP contribution is -2.36. The summed E-state index contributed by atoms with van der Waals surface area (Å²) in [5.74, 6) is 0. The smallest absolute Gasteiger partial charge is 0.0594 e. The molecule has 0 amide bonds. The molecular formula is C16H33NO2.